The molecule has 0 unspecified atom stereocenters. The number of nitrogens with two attached hydrogens (primary N) is 1. The predicted octanol–water partition coefficient (Wildman–Crippen LogP) is 4.89. The Morgan fingerprint density at radius 1 is 1.09 bits per heavy atom. The first-order valence-corrected chi connectivity index (χ1v) is 12.3. The lowest BCUT2D eigenvalue weighted by atomic mass is 9.60. The van der Waals surface area contributed by atoms with E-state index in [4.69, 9.17) is 5.73 Å². The van der Waals surface area contributed by atoms with E-state index in [1.807, 2.05) is 6.07 Å². The molecule has 1 atom stereocenters. The van der Waals surface area contributed by atoms with Gasteiger partial charge in [-0.05, 0) is 79.7 Å². The van der Waals surface area contributed by atoms with E-state index in [-0.39, 0.29) is 0 Å². The van der Waals surface area contributed by atoms with Crippen molar-refractivity contribution in [2.45, 2.75) is 70.4 Å². The van der Waals surface area contributed by atoms with E-state index in [9.17, 15) is 4.79 Å². The van der Waals surface area contributed by atoms with Crippen LogP contribution in [0.25, 0.3) is 0 Å². The minimum Gasteiger partial charge on any atom is -0.366 e. The van der Waals surface area contributed by atoms with Crippen LogP contribution in [0.1, 0.15) is 85.8 Å². The number of anilines is 1. The van der Waals surface area contributed by atoms with Crippen LogP contribution in [-0.2, 0) is 0 Å². The van der Waals surface area contributed by atoms with E-state index in [1.165, 1.54) is 50.6 Å². The van der Waals surface area contributed by atoms with Gasteiger partial charge in [0.25, 0.3) is 0 Å². The van der Waals surface area contributed by atoms with Gasteiger partial charge in [0.05, 0.1) is 5.56 Å². The van der Waals surface area contributed by atoms with Crippen LogP contribution in [0.3, 0.4) is 0 Å². The van der Waals surface area contributed by atoms with Crippen molar-refractivity contribution in [2.24, 2.45) is 11.1 Å². The number of nitrogens with zero attached hydrogens (tertiary/aromatic N) is 3. The molecule has 1 aromatic carbocycles. The number of likely N-dealkylation sites (tertiary alicyclic amines) is 1. The molecule has 1 spiro atoms. The van der Waals surface area contributed by atoms with E-state index in [2.05, 4.69) is 52.9 Å². The highest BCUT2D eigenvalue weighted by Gasteiger charge is 2.50. The molecule has 2 N–H and O–H groups in total. The van der Waals surface area contributed by atoms with E-state index >= 15 is 0 Å². The molecule has 1 aliphatic carbocycles. The third kappa shape index (κ3) is 3.92. The van der Waals surface area contributed by atoms with Gasteiger partial charge < -0.3 is 10.6 Å². The molecular weight excluding hydrogens is 396 g/mol. The zero-order chi connectivity index (χ0) is 22.3. The number of benzene rings is 1. The molecule has 2 aliphatic heterocycles. The van der Waals surface area contributed by atoms with E-state index in [0.717, 1.165) is 24.9 Å². The van der Waals surface area contributed by atoms with E-state index < -0.39 is 5.91 Å². The van der Waals surface area contributed by atoms with Gasteiger partial charge in [0.15, 0.2) is 0 Å². The predicted molar refractivity (Wildman–Crippen MR) is 129 cm³/mol. The number of pyridine rings is 1. The van der Waals surface area contributed by atoms with Gasteiger partial charge in [0.1, 0.15) is 5.82 Å². The summed E-state index contributed by atoms with van der Waals surface area (Å²) >= 11 is 0. The Kier molecular flexibility index (Phi) is 5.70. The first-order chi connectivity index (χ1) is 15.5. The fourth-order valence-electron chi connectivity index (χ4n) is 6.41. The van der Waals surface area contributed by atoms with Crippen LogP contribution in [0.5, 0.6) is 0 Å². The van der Waals surface area contributed by atoms with Crippen LogP contribution in [-0.4, -0.2) is 41.5 Å². The Labute approximate surface area is 192 Å². The summed E-state index contributed by atoms with van der Waals surface area (Å²) in [4.78, 5) is 21.0. The molecule has 2 aromatic rings. The highest BCUT2D eigenvalue weighted by Crippen LogP contribution is 2.54. The molecule has 3 heterocycles. The normalized spacial score (nSPS) is 23.6. The molecule has 0 bridgehead atoms. The Bertz CT molecular complexity index is 954. The summed E-state index contributed by atoms with van der Waals surface area (Å²) in [6.07, 6.45) is 9.39. The number of carbonyl (C=O) groups excluding carboxylic acids is 1. The summed E-state index contributed by atoms with van der Waals surface area (Å²) in [6.45, 7) is 7.99. The summed E-state index contributed by atoms with van der Waals surface area (Å²) in [6, 6.07) is 14.2. The highest BCUT2D eigenvalue weighted by atomic mass is 16.1. The second-order valence-electron chi connectivity index (χ2n) is 10.5. The quantitative estimate of drug-likeness (QED) is 0.731. The fourth-order valence-corrected chi connectivity index (χ4v) is 6.41. The van der Waals surface area contributed by atoms with Gasteiger partial charge in [-0.1, -0.05) is 38.1 Å². The number of hydrogen-bond acceptors (Lipinski definition) is 4. The Morgan fingerprint density at radius 3 is 2.50 bits per heavy atom. The molecule has 2 saturated heterocycles. The third-order valence-corrected chi connectivity index (χ3v) is 8.26. The average Bonchev–Trinajstić information content (AvgIpc) is 3.27. The minimum atomic E-state index is -0.418. The number of hydrogen-bond donors (Lipinski definition) is 1. The smallest absolute Gasteiger partial charge is 0.250 e. The number of primary amides is 1. The minimum absolute atomic E-state index is 0.418. The van der Waals surface area contributed by atoms with Gasteiger partial charge in [0, 0.05) is 31.4 Å². The SMILES string of the molecule is CC(C)c1ccccc1[C@H]1CCCN1C1CC2(CCN(c3ccc(C(N)=O)cn3)CC2)C1. The maximum atomic E-state index is 11.3. The number of carbonyl (C=O) groups is 1. The maximum Gasteiger partial charge on any atom is 0.250 e. The lowest BCUT2D eigenvalue weighted by Gasteiger charge is -2.56. The first-order valence-electron chi connectivity index (χ1n) is 12.3. The van der Waals surface area contributed by atoms with Crippen LogP contribution >= 0.6 is 0 Å². The van der Waals surface area contributed by atoms with E-state index in [1.54, 1.807) is 17.8 Å². The Balaban J connectivity index is 1.20. The topological polar surface area (TPSA) is 62.5 Å². The summed E-state index contributed by atoms with van der Waals surface area (Å²) in [7, 11) is 0. The van der Waals surface area contributed by atoms with Crippen LogP contribution in [0.4, 0.5) is 5.82 Å². The van der Waals surface area contributed by atoms with Crippen molar-refractivity contribution < 1.29 is 4.79 Å². The van der Waals surface area contributed by atoms with Gasteiger partial charge in [-0.2, -0.15) is 0 Å². The zero-order valence-corrected chi connectivity index (χ0v) is 19.5. The average molecular weight is 433 g/mol. The second kappa shape index (κ2) is 8.51. The summed E-state index contributed by atoms with van der Waals surface area (Å²) in [5.41, 5.74) is 9.43. The fraction of sp³-hybridized carbons (Fsp3) is 0.556. The van der Waals surface area contributed by atoms with Gasteiger partial charge in [0.2, 0.25) is 5.91 Å². The van der Waals surface area contributed by atoms with Gasteiger partial charge in [-0.15, -0.1) is 0 Å². The molecule has 5 heteroatoms. The summed E-state index contributed by atoms with van der Waals surface area (Å²) < 4.78 is 0. The van der Waals surface area contributed by atoms with Crippen molar-refractivity contribution in [3.05, 3.63) is 59.3 Å². The molecule has 170 valence electrons. The standard InChI is InChI=1S/C27H36N4O/c1-19(2)22-6-3-4-7-23(22)24-8-5-13-31(24)21-16-27(17-21)11-14-30(15-12-27)25-10-9-20(18-29-25)26(28)32/h3-4,6-7,9-10,18-19,21,24H,5,8,11-17H2,1-2H3,(H2,28,32)/t24-/m1/s1. The van der Waals surface area contributed by atoms with Gasteiger partial charge in [-0.3, -0.25) is 9.69 Å². The Hall–Kier alpha value is -2.40. The molecule has 3 fully saturated rings. The van der Waals surface area contributed by atoms with Crippen LogP contribution in [0.2, 0.25) is 0 Å². The van der Waals surface area contributed by atoms with Crippen molar-refractivity contribution >= 4 is 11.7 Å². The summed E-state index contributed by atoms with van der Waals surface area (Å²) in [5, 5.41) is 0. The van der Waals surface area contributed by atoms with Crippen LogP contribution < -0.4 is 10.6 Å². The molecular formula is C27H36N4O. The van der Waals surface area contributed by atoms with Crippen LogP contribution in [0, 0.1) is 5.41 Å². The first kappa shape index (κ1) is 21.4. The molecule has 1 saturated carbocycles. The number of piperidine rings is 1. The molecule has 1 amide bonds. The highest BCUT2D eigenvalue weighted by molar-refractivity contribution is 5.92. The third-order valence-electron chi connectivity index (χ3n) is 8.26. The lowest BCUT2D eigenvalue weighted by molar-refractivity contribution is -0.0228. The lowest BCUT2D eigenvalue weighted by Crippen LogP contribution is -2.55. The van der Waals surface area contributed by atoms with Crippen molar-refractivity contribution in [3.8, 4) is 0 Å². The largest absolute Gasteiger partial charge is 0.366 e. The number of aromatic nitrogens is 1. The number of rotatable bonds is 5. The molecule has 5 rings (SSSR count). The molecule has 5 nitrogen and oxygen atoms in total. The molecule has 1 aromatic heterocycles. The van der Waals surface area contributed by atoms with Crippen LogP contribution in [0.15, 0.2) is 42.6 Å². The van der Waals surface area contributed by atoms with Crippen molar-refractivity contribution in [3.63, 3.8) is 0 Å². The Morgan fingerprint density at radius 2 is 1.84 bits per heavy atom. The molecule has 32 heavy (non-hydrogen) atoms. The summed E-state index contributed by atoms with van der Waals surface area (Å²) in [5.74, 6) is 1.13. The maximum absolute atomic E-state index is 11.3. The van der Waals surface area contributed by atoms with Crippen molar-refractivity contribution in [1.29, 1.82) is 0 Å². The molecule has 0 radical (unpaired) electrons. The molecule has 3 aliphatic rings. The van der Waals surface area contributed by atoms with Crippen molar-refractivity contribution in [1.82, 2.24) is 9.88 Å². The van der Waals surface area contributed by atoms with Gasteiger partial charge >= 0.3 is 0 Å². The number of amides is 1. The second-order valence-corrected chi connectivity index (χ2v) is 10.5. The van der Waals surface area contributed by atoms with E-state index in [0.29, 0.717) is 22.9 Å². The zero-order valence-electron chi connectivity index (χ0n) is 19.5. The monoisotopic (exact) mass is 432 g/mol. The van der Waals surface area contributed by atoms with Crippen molar-refractivity contribution in [2.75, 3.05) is 24.5 Å². The van der Waals surface area contributed by atoms with Gasteiger partial charge in [-0.25, -0.2) is 4.98 Å².